The van der Waals surface area contributed by atoms with Crippen LogP contribution in [0.3, 0.4) is 0 Å². The molecule has 1 nitrogen and oxygen atoms in total. The third-order valence-electron chi connectivity index (χ3n) is 4.13. The lowest BCUT2D eigenvalue weighted by Gasteiger charge is -2.27. The third kappa shape index (κ3) is 2.98. The largest absolute Gasteiger partial charge is 0.316 e. The second-order valence-electron chi connectivity index (χ2n) is 6.08. The SMILES string of the molecule is CC1CCCC(CNCC2(C)CC2)C1. The molecule has 0 bridgehead atoms. The van der Waals surface area contributed by atoms with Crippen LogP contribution in [0.4, 0.5) is 0 Å². The van der Waals surface area contributed by atoms with Crippen molar-refractivity contribution < 1.29 is 0 Å². The van der Waals surface area contributed by atoms with E-state index in [-0.39, 0.29) is 0 Å². The molecule has 2 atom stereocenters. The maximum atomic E-state index is 3.68. The Morgan fingerprint density at radius 3 is 2.71 bits per heavy atom. The van der Waals surface area contributed by atoms with E-state index >= 15 is 0 Å². The first-order chi connectivity index (χ1) is 6.68. The van der Waals surface area contributed by atoms with Crippen LogP contribution in [-0.4, -0.2) is 13.1 Å². The summed E-state index contributed by atoms with van der Waals surface area (Å²) in [6.45, 7) is 7.36. The van der Waals surface area contributed by atoms with Gasteiger partial charge < -0.3 is 5.32 Å². The molecule has 0 aromatic carbocycles. The summed E-state index contributed by atoms with van der Waals surface area (Å²) in [6, 6.07) is 0. The molecule has 14 heavy (non-hydrogen) atoms. The quantitative estimate of drug-likeness (QED) is 0.726. The average molecular weight is 195 g/mol. The fourth-order valence-corrected chi connectivity index (χ4v) is 2.71. The van der Waals surface area contributed by atoms with E-state index in [4.69, 9.17) is 0 Å². The maximum Gasteiger partial charge on any atom is 0.000528 e. The molecule has 2 saturated carbocycles. The first-order valence-corrected chi connectivity index (χ1v) is 6.39. The van der Waals surface area contributed by atoms with E-state index in [9.17, 15) is 0 Å². The van der Waals surface area contributed by atoms with Crippen LogP contribution in [0, 0.1) is 17.3 Å². The maximum absolute atomic E-state index is 3.68. The van der Waals surface area contributed by atoms with Gasteiger partial charge in [0.25, 0.3) is 0 Å². The molecule has 2 aliphatic carbocycles. The molecule has 1 N–H and O–H groups in total. The molecule has 0 aromatic rings. The van der Waals surface area contributed by atoms with Gasteiger partial charge in [-0.1, -0.05) is 26.7 Å². The van der Waals surface area contributed by atoms with E-state index in [1.165, 1.54) is 51.6 Å². The lowest BCUT2D eigenvalue weighted by atomic mass is 9.82. The summed E-state index contributed by atoms with van der Waals surface area (Å²) in [7, 11) is 0. The molecule has 2 fully saturated rings. The lowest BCUT2D eigenvalue weighted by Crippen LogP contribution is -2.30. The standard InChI is InChI=1S/C13H25N/c1-11-4-3-5-12(8-11)9-14-10-13(2)6-7-13/h11-12,14H,3-10H2,1-2H3. The highest BCUT2D eigenvalue weighted by Gasteiger charge is 2.36. The summed E-state index contributed by atoms with van der Waals surface area (Å²) < 4.78 is 0. The smallest absolute Gasteiger partial charge is 0.000528 e. The Bertz CT molecular complexity index is 184. The van der Waals surface area contributed by atoms with Crippen LogP contribution in [0.5, 0.6) is 0 Å². The molecular formula is C13H25N. The average Bonchev–Trinajstić information content (AvgIpc) is 2.84. The van der Waals surface area contributed by atoms with Crippen LogP contribution in [0.1, 0.15) is 52.4 Å². The van der Waals surface area contributed by atoms with Gasteiger partial charge in [0.15, 0.2) is 0 Å². The highest BCUT2D eigenvalue weighted by Crippen LogP contribution is 2.44. The minimum atomic E-state index is 0.681. The molecule has 0 aromatic heterocycles. The van der Waals surface area contributed by atoms with Gasteiger partial charge in [0.1, 0.15) is 0 Å². The van der Waals surface area contributed by atoms with E-state index in [0.717, 1.165) is 11.8 Å². The van der Waals surface area contributed by atoms with Gasteiger partial charge in [-0.2, -0.15) is 0 Å². The van der Waals surface area contributed by atoms with Crippen molar-refractivity contribution in [1.29, 1.82) is 0 Å². The first kappa shape index (κ1) is 10.5. The highest BCUT2D eigenvalue weighted by atomic mass is 14.9. The predicted octanol–water partition coefficient (Wildman–Crippen LogP) is 3.20. The zero-order valence-corrected chi connectivity index (χ0v) is 9.81. The number of hydrogen-bond acceptors (Lipinski definition) is 1. The highest BCUT2D eigenvalue weighted by molar-refractivity contribution is 4.90. The Kier molecular flexibility index (Phi) is 3.16. The molecule has 0 radical (unpaired) electrons. The topological polar surface area (TPSA) is 12.0 Å². The Balaban J connectivity index is 1.60. The monoisotopic (exact) mass is 195 g/mol. The molecule has 2 rings (SSSR count). The van der Waals surface area contributed by atoms with Crippen LogP contribution >= 0.6 is 0 Å². The van der Waals surface area contributed by atoms with Gasteiger partial charge >= 0.3 is 0 Å². The van der Waals surface area contributed by atoms with E-state index < -0.39 is 0 Å². The first-order valence-electron chi connectivity index (χ1n) is 6.39. The van der Waals surface area contributed by atoms with E-state index in [1.807, 2.05) is 0 Å². The van der Waals surface area contributed by atoms with Gasteiger partial charge in [0.2, 0.25) is 0 Å². The molecular weight excluding hydrogens is 170 g/mol. The van der Waals surface area contributed by atoms with Gasteiger partial charge in [-0.05, 0) is 49.5 Å². The Labute approximate surface area is 88.7 Å². The minimum absolute atomic E-state index is 0.681. The van der Waals surface area contributed by atoms with Crippen molar-refractivity contribution in [2.75, 3.05) is 13.1 Å². The second kappa shape index (κ2) is 4.22. The zero-order chi connectivity index (χ0) is 10.0. The molecule has 2 aliphatic rings. The number of nitrogens with one attached hydrogen (secondary N) is 1. The van der Waals surface area contributed by atoms with Crippen LogP contribution in [0.15, 0.2) is 0 Å². The predicted molar refractivity (Wildman–Crippen MR) is 61.3 cm³/mol. The van der Waals surface area contributed by atoms with Crippen molar-refractivity contribution in [2.45, 2.75) is 52.4 Å². The molecule has 0 saturated heterocycles. The minimum Gasteiger partial charge on any atom is -0.316 e. The number of rotatable bonds is 4. The van der Waals surface area contributed by atoms with Crippen molar-refractivity contribution in [1.82, 2.24) is 5.32 Å². The van der Waals surface area contributed by atoms with Crippen molar-refractivity contribution in [3.05, 3.63) is 0 Å². The van der Waals surface area contributed by atoms with Gasteiger partial charge in [-0.3, -0.25) is 0 Å². The fraction of sp³-hybridized carbons (Fsp3) is 1.00. The Hall–Kier alpha value is -0.0400. The summed E-state index contributed by atoms with van der Waals surface area (Å²) >= 11 is 0. The molecule has 0 aliphatic heterocycles. The molecule has 0 amide bonds. The summed E-state index contributed by atoms with van der Waals surface area (Å²) in [5.41, 5.74) is 0.681. The molecule has 2 unspecified atom stereocenters. The van der Waals surface area contributed by atoms with Crippen LogP contribution < -0.4 is 5.32 Å². The van der Waals surface area contributed by atoms with Crippen LogP contribution in [0.2, 0.25) is 0 Å². The Morgan fingerprint density at radius 2 is 2.07 bits per heavy atom. The summed E-state index contributed by atoms with van der Waals surface area (Å²) in [4.78, 5) is 0. The fourth-order valence-electron chi connectivity index (χ4n) is 2.71. The van der Waals surface area contributed by atoms with Gasteiger partial charge in [0.05, 0.1) is 0 Å². The zero-order valence-electron chi connectivity index (χ0n) is 9.81. The van der Waals surface area contributed by atoms with Crippen molar-refractivity contribution in [3.8, 4) is 0 Å². The molecule has 0 spiro atoms. The van der Waals surface area contributed by atoms with E-state index in [1.54, 1.807) is 0 Å². The third-order valence-corrected chi connectivity index (χ3v) is 4.13. The van der Waals surface area contributed by atoms with Gasteiger partial charge in [-0.25, -0.2) is 0 Å². The van der Waals surface area contributed by atoms with Gasteiger partial charge in [-0.15, -0.1) is 0 Å². The second-order valence-corrected chi connectivity index (χ2v) is 6.08. The van der Waals surface area contributed by atoms with Crippen LogP contribution in [0.25, 0.3) is 0 Å². The number of hydrogen-bond donors (Lipinski definition) is 1. The molecule has 0 heterocycles. The normalized spacial score (nSPS) is 35.6. The van der Waals surface area contributed by atoms with Gasteiger partial charge in [0, 0.05) is 6.54 Å². The van der Waals surface area contributed by atoms with E-state index in [0.29, 0.717) is 5.41 Å². The molecule has 82 valence electrons. The summed E-state index contributed by atoms with van der Waals surface area (Å²) in [5.74, 6) is 1.95. The van der Waals surface area contributed by atoms with Crippen molar-refractivity contribution in [3.63, 3.8) is 0 Å². The van der Waals surface area contributed by atoms with E-state index in [2.05, 4.69) is 19.2 Å². The summed E-state index contributed by atoms with van der Waals surface area (Å²) in [5, 5.41) is 3.68. The van der Waals surface area contributed by atoms with Crippen molar-refractivity contribution in [2.24, 2.45) is 17.3 Å². The molecule has 1 heteroatoms. The van der Waals surface area contributed by atoms with Crippen LogP contribution in [-0.2, 0) is 0 Å². The lowest BCUT2D eigenvalue weighted by molar-refractivity contribution is 0.270. The Morgan fingerprint density at radius 1 is 1.29 bits per heavy atom. The van der Waals surface area contributed by atoms with Crippen molar-refractivity contribution >= 4 is 0 Å². The summed E-state index contributed by atoms with van der Waals surface area (Å²) in [6.07, 6.45) is 8.75.